The number of amides is 3. The van der Waals surface area contributed by atoms with Crippen LogP contribution in [0.1, 0.15) is 19.4 Å². The maximum atomic E-state index is 12.9. The molecule has 0 aliphatic carbocycles. The number of hydrogen-bond acceptors (Lipinski definition) is 3. The van der Waals surface area contributed by atoms with Crippen molar-refractivity contribution in [2.45, 2.75) is 26.1 Å². The number of nitrogens with zero attached hydrogens (tertiary/aromatic N) is 2. The molecule has 9 heteroatoms. The summed E-state index contributed by atoms with van der Waals surface area (Å²) in [5, 5.41) is 1.87. The van der Waals surface area contributed by atoms with Crippen molar-refractivity contribution in [1.29, 1.82) is 0 Å². The Bertz CT molecular complexity index is 672. The Morgan fingerprint density at radius 3 is 2.57 bits per heavy atom. The van der Waals surface area contributed by atoms with Gasteiger partial charge in [-0.25, -0.2) is 20.7 Å². The van der Waals surface area contributed by atoms with E-state index in [0.717, 1.165) is 22.2 Å². The second-order valence-electron chi connectivity index (χ2n) is 4.88. The van der Waals surface area contributed by atoms with Gasteiger partial charge in [0, 0.05) is 5.57 Å². The molecule has 1 heterocycles. The lowest BCUT2D eigenvalue weighted by Gasteiger charge is -2.29. The van der Waals surface area contributed by atoms with Crippen LogP contribution in [0.25, 0.3) is 0 Å². The molecule has 124 valence electrons. The summed E-state index contributed by atoms with van der Waals surface area (Å²) in [7, 11) is 0. The Kier molecular flexibility index (Phi) is 4.33. The molecule has 23 heavy (non-hydrogen) atoms. The zero-order valence-electron chi connectivity index (χ0n) is 12.4. The molecule has 0 spiro atoms. The highest BCUT2D eigenvalue weighted by molar-refractivity contribution is 6.11. The van der Waals surface area contributed by atoms with Gasteiger partial charge in [0.2, 0.25) is 0 Å². The van der Waals surface area contributed by atoms with Crippen molar-refractivity contribution < 1.29 is 22.8 Å². The van der Waals surface area contributed by atoms with E-state index in [-0.39, 0.29) is 11.3 Å². The van der Waals surface area contributed by atoms with Gasteiger partial charge in [-0.15, -0.1) is 0 Å². The van der Waals surface area contributed by atoms with Gasteiger partial charge in [0.05, 0.1) is 17.3 Å². The third-order valence-corrected chi connectivity index (χ3v) is 3.53. The molecule has 3 N–H and O–H groups in total. The van der Waals surface area contributed by atoms with Crippen LogP contribution in [0, 0.1) is 0 Å². The fourth-order valence-electron chi connectivity index (χ4n) is 2.46. The number of benzene rings is 1. The molecule has 1 aliphatic heterocycles. The first-order valence-electron chi connectivity index (χ1n) is 6.70. The van der Waals surface area contributed by atoms with Crippen LogP contribution in [0.2, 0.25) is 0 Å². The van der Waals surface area contributed by atoms with Gasteiger partial charge in [-0.1, -0.05) is 12.1 Å². The van der Waals surface area contributed by atoms with Crippen molar-refractivity contribution in [3.05, 3.63) is 41.5 Å². The Morgan fingerprint density at radius 2 is 2.04 bits per heavy atom. The average molecular weight is 328 g/mol. The number of halogens is 3. The summed E-state index contributed by atoms with van der Waals surface area (Å²) in [6.45, 7) is 3.19. The summed E-state index contributed by atoms with van der Waals surface area (Å²) in [5.41, 5.74) is 1.18. The third-order valence-electron chi connectivity index (χ3n) is 3.53. The molecule has 2 rings (SSSR count). The van der Waals surface area contributed by atoms with E-state index in [1.165, 1.54) is 18.2 Å². The van der Waals surface area contributed by atoms with Crippen molar-refractivity contribution >= 4 is 17.6 Å². The topological polar surface area (TPSA) is 78.7 Å². The predicted molar refractivity (Wildman–Crippen MR) is 76.7 cm³/mol. The number of carbonyl (C=O) groups excluding carboxylic acids is 2. The highest BCUT2D eigenvalue weighted by Crippen LogP contribution is 2.35. The number of nitrogens with two attached hydrogens (primary N) is 1. The Morgan fingerprint density at radius 1 is 1.39 bits per heavy atom. The van der Waals surface area contributed by atoms with Crippen LogP contribution < -0.4 is 16.3 Å². The quantitative estimate of drug-likeness (QED) is 0.359. The number of urea groups is 1. The van der Waals surface area contributed by atoms with E-state index < -0.39 is 29.7 Å². The van der Waals surface area contributed by atoms with E-state index in [1.807, 2.05) is 5.43 Å². The smallest absolute Gasteiger partial charge is 0.274 e. The van der Waals surface area contributed by atoms with Crippen LogP contribution in [0.5, 0.6) is 0 Å². The van der Waals surface area contributed by atoms with Crippen LogP contribution in [0.4, 0.5) is 23.7 Å². The molecule has 0 aromatic heterocycles. The molecular weight excluding hydrogens is 313 g/mol. The van der Waals surface area contributed by atoms with E-state index in [9.17, 15) is 22.8 Å². The summed E-state index contributed by atoms with van der Waals surface area (Å²) in [5.74, 6) is 4.53. The second-order valence-corrected chi connectivity index (χ2v) is 4.88. The van der Waals surface area contributed by atoms with Crippen molar-refractivity contribution in [2.75, 3.05) is 5.01 Å². The predicted octanol–water partition coefficient (Wildman–Crippen LogP) is 2.19. The fourth-order valence-corrected chi connectivity index (χ4v) is 2.46. The lowest BCUT2D eigenvalue weighted by Crippen LogP contribution is -2.52. The lowest BCUT2D eigenvalue weighted by molar-refractivity contribution is -0.137. The van der Waals surface area contributed by atoms with Crippen LogP contribution in [-0.2, 0) is 11.0 Å². The van der Waals surface area contributed by atoms with Gasteiger partial charge in [0.15, 0.2) is 0 Å². The first-order chi connectivity index (χ1) is 10.7. The van der Waals surface area contributed by atoms with E-state index >= 15 is 0 Å². The minimum atomic E-state index is -4.56. The van der Waals surface area contributed by atoms with Gasteiger partial charge in [-0.2, -0.15) is 13.2 Å². The molecule has 1 fully saturated rings. The first kappa shape index (κ1) is 16.8. The van der Waals surface area contributed by atoms with Crippen LogP contribution in [0.3, 0.4) is 0 Å². The molecule has 1 unspecified atom stereocenters. The number of rotatable bonds is 1. The molecule has 3 amide bonds. The molecule has 0 radical (unpaired) electrons. The molecule has 0 saturated carbocycles. The monoisotopic (exact) mass is 328 g/mol. The van der Waals surface area contributed by atoms with Crippen LogP contribution in [0.15, 0.2) is 35.9 Å². The first-order valence-corrected chi connectivity index (χ1v) is 6.70. The zero-order valence-corrected chi connectivity index (χ0v) is 12.4. The van der Waals surface area contributed by atoms with Crippen molar-refractivity contribution in [3.63, 3.8) is 0 Å². The average Bonchev–Trinajstić information content (AvgIpc) is 2.76. The van der Waals surface area contributed by atoms with Gasteiger partial charge in [0.1, 0.15) is 0 Å². The summed E-state index contributed by atoms with van der Waals surface area (Å²) < 4.78 is 38.6. The molecular formula is C14H15F3N4O2. The van der Waals surface area contributed by atoms with Gasteiger partial charge in [-0.05, 0) is 32.0 Å². The molecule has 0 bridgehead atoms. The van der Waals surface area contributed by atoms with Crippen molar-refractivity contribution in [3.8, 4) is 0 Å². The van der Waals surface area contributed by atoms with Crippen LogP contribution >= 0.6 is 0 Å². The summed E-state index contributed by atoms with van der Waals surface area (Å²) in [6.07, 6.45) is -3.05. The summed E-state index contributed by atoms with van der Waals surface area (Å²) in [4.78, 5) is 24.4. The standard InChI is InChI=1S/C14H15F3N4O2/c1-3-11-8(2)20(13(23)19-18)21(12(11)22)10-6-4-5-9(7-10)14(15,16)17/h3-8H,18H2,1-2H3,(H,19,23). The fraction of sp³-hybridized carbons (Fsp3) is 0.286. The SMILES string of the molecule is CC=C1C(=O)N(c2cccc(C(F)(F)F)c2)N(C(=O)NN)C1C. The zero-order chi connectivity index (χ0) is 17.4. The van der Waals surface area contributed by atoms with Crippen molar-refractivity contribution in [1.82, 2.24) is 10.4 Å². The third kappa shape index (κ3) is 2.87. The van der Waals surface area contributed by atoms with Gasteiger partial charge < -0.3 is 0 Å². The Labute approximate surface area is 130 Å². The van der Waals surface area contributed by atoms with Gasteiger partial charge >= 0.3 is 12.2 Å². The number of anilines is 1. The molecule has 1 aromatic carbocycles. The molecule has 6 nitrogen and oxygen atoms in total. The molecule has 1 aromatic rings. The Hall–Kier alpha value is -2.55. The van der Waals surface area contributed by atoms with Crippen LogP contribution in [-0.4, -0.2) is 23.0 Å². The van der Waals surface area contributed by atoms with Gasteiger partial charge in [-0.3, -0.25) is 10.2 Å². The van der Waals surface area contributed by atoms with E-state index in [2.05, 4.69) is 0 Å². The number of carbonyl (C=O) groups is 2. The van der Waals surface area contributed by atoms with E-state index in [1.54, 1.807) is 13.8 Å². The number of alkyl halides is 3. The van der Waals surface area contributed by atoms with Crippen molar-refractivity contribution in [2.24, 2.45) is 5.84 Å². The number of nitrogens with one attached hydrogen (secondary N) is 1. The van der Waals surface area contributed by atoms with Gasteiger partial charge in [0.25, 0.3) is 5.91 Å². The van der Waals surface area contributed by atoms with E-state index in [0.29, 0.717) is 0 Å². The maximum absolute atomic E-state index is 12.9. The molecule has 1 atom stereocenters. The number of hydrazine groups is 2. The minimum Gasteiger partial charge on any atom is -0.274 e. The molecule has 1 saturated heterocycles. The molecule has 1 aliphatic rings. The summed E-state index contributed by atoms with van der Waals surface area (Å²) >= 11 is 0. The minimum absolute atomic E-state index is 0.0721. The maximum Gasteiger partial charge on any atom is 0.416 e. The number of hydrogen-bond donors (Lipinski definition) is 2. The summed E-state index contributed by atoms with van der Waals surface area (Å²) in [6, 6.07) is 2.71. The van der Waals surface area contributed by atoms with E-state index in [4.69, 9.17) is 5.84 Å². The normalized spacial score (nSPS) is 20.3. The highest BCUT2D eigenvalue weighted by atomic mass is 19.4. The second kappa shape index (κ2) is 5.92. The Balaban J connectivity index is 2.55. The lowest BCUT2D eigenvalue weighted by atomic mass is 10.1. The number of allylic oxidation sites excluding steroid dienone is 1. The highest BCUT2D eigenvalue weighted by Gasteiger charge is 2.43. The largest absolute Gasteiger partial charge is 0.416 e.